The molecule has 2 aromatic carbocycles. The second-order valence-corrected chi connectivity index (χ2v) is 9.19. The van der Waals surface area contributed by atoms with E-state index >= 15 is 0 Å². The summed E-state index contributed by atoms with van der Waals surface area (Å²) < 4.78 is 0. The molecule has 204 valence electrons. The molecule has 0 saturated carbocycles. The molecule has 0 bridgehead atoms. The van der Waals surface area contributed by atoms with Crippen LogP contribution in [-0.2, 0) is 4.79 Å². The zero-order valence-electron chi connectivity index (χ0n) is 21.0. The lowest BCUT2D eigenvalue weighted by Gasteiger charge is -2.32. The van der Waals surface area contributed by atoms with Gasteiger partial charge in [0.25, 0.3) is 23.6 Å². The van der Waals surface area contributed by atoms with Crippen LogP contribution >= 0.6 is 12.4 Å². The minimum absolute atomic E-state index is 0. The monoisotopic (exact) mass is 545 g/mol. The van der Waals surface area contributed by atoms with E-state index in [2.05, 4.69) is 5.32 Å². The third-order valence-corrected chi connectivity index (χ3v) is 6.77. The number of carbonyl (C=O) groups is 5. The molecule has 0 radical (unpaired) electrons. The first kappa shape index (κ1) is 29.2. The van der Waals surface area contributed by atoms with Crippen LogP contribution in [0.15, 0.2) is 24.3 Å². The first-order chi connectivity index (χ1) is 17.9. The summed E-state index contributed by atoms with van der Waals surface area (Å²) in [6.45, 7) is 2.43. The Morgan fingerprint density at radius 3 is 1.61 bits per heavy atom. The molecular formula is C26H32ClN5O6. The minimum atomic E-state index is -0.486. The quantitative estimate of drug-likeness (QED) is 0.128. The number of hydrogen-bond donors (Lipinski definition) is 4. The second-order valence-electron chi connectivity index (χ2n) is 9.19. The van der Waals surface area contributed by atoms with Gasteiger partial charge < -0.3 is 11.1 Å². The number of benzene rings is 2. The molecule has 12 heteroatoms. The van der Waals surface area contributed by atoms with E-state index in [9.17, 15) is 24.0 Å². The lowest BCUT2D eigenvalue weighted by atomic mass is 9.86. The molecule has 0 aromatic heterocycles. The van der Waals surface area contributed by atoms with Crippen LogP contribution < -0.4 is 16.5 Å². The maximum atomic E-state index is 13.3. The molecule has 0 saturated heterocycles. The van der Waals surface area contributed by atoms with Gasteiger partial charge in [0, 0.05) is 52.5 Å². The Labute approximate surface area is 226 Å². The van der Waals surface area contributed by atoms with Gasteiger partial charge in [-0.15, -0.1) is 12.4 Å². The number of unbranched alkanes of at least 4 members (excludes halogenated alkanes) is 2. The Morgan fingerprint density at radius 2 is 1.16 bits per heavy atom. The van der Waals surface area contributed by atoms with Crippen molar-refractivity contribution in [2.45, 2.75) is 38.5 Å². The second kappa shape index (κ2) is 12.9. The van der Waals surface area contributed by atoms with Gasteiger partial charge in [-0.3, -0.25) is 39.0 Å². The molecule has 4 rings (SSSR count). The van der Waals surface area contributed by atoms with Crippen LogP contribution in [0.2, 0.25) is 0 Å². The fourth-order valence-electron chi connectivity index (χ4n) is 4.88. The smallest absolute Gasteiger partial charge is 0.261 e. The molecular weight excluding hydrogens is 514 g/mol. The van der Waals surface area contributed by atoms with E-state index in [0.717, 1.165) is 13.0 Å². The lowest BCUT2D eigenvalue weighted by molar-refractivity contribution is -0.129. The molecule has 0 fully saturated rings. The van der Waals surface area contributed by atoms with E-state index in [1.54, 1.807) is 29.7 Å². The van der Waals surface area contributed by atoms with Gasteiger partial charge in [0.2, 0.25) is 5.91 Å². The maximum absolute atomic E-state index is 13.3. The van der Waals surface area contributed by atoms with Crippen LogP contribution in [-0.4, -0.2) is 77.3 Å². The fraction of sp³-hybridized carbons (Fsp3) is 0.423. The van der Waals surface area contributed by atoms with Crippen molar-refractivity contribution in [2.24, 2.45) is 5.73 Å². The van der Waals surface area contributed by atoms with Crippen LogP contribution in [0.25, 0.3) is 10.8 Å². The van der Waals surface area contributed by atoms with Gasteiger partial charge in [-0.1, -0.05) is 6.42 Å². The normalized spacial score (nSPS) is 14.3. The third-order valence-electron chi connectivity index (χ3n) is 6.77. The summed E-state index contributed by atoms with van der Waals surface area (Å²) in [6, 6.07) is 6.23. The highest BCUT2D eigenvalue weighted by atomic mass is 35.5. The summed E-state index contributed by atoms with van der Waals surface area (Å²) >= 11 is 0. The zero-order valence-corrected chi connectivity index (χ0v) is 21.8. The number of rotatable bonds is 13. The van der Waals surface area contributed by atoms with Gasteiger partial charge in [0.15, 0.2) is 0 Å². The van der Waals surface area contributed by atoms with Crippen LogP contribution in [0.4, 0.5) is 0 Å². The van der Waals surface area contributed by atoms with Gasteiger partial charge in [-0.25, -0.2) is 5.48 Å². The van der Waals surface area contributed by atoms with E-state index in [1.165, 1.54) is 9.80 Å². The minimum Gasteiger partial charge on any atom is -0.330 e. The summed E-state index contributed by atoms with van der Waals surface area (Å²) in [5.41, 5.74) is 8.24. The number of halogens is 1. The number of imide groups is 2. The molecule has 0 unspecified atom stereocenters. The van der Waals surface area contributed by atoms with Crippen molar-refractivity contribution in [3.05, 3.63) is 46.5 Å². The zero-order chi connectivity index (χ0) is 26.5. The van der Waals surface area contributed by atoms with Crippen molar-refractivity contribution in [1.29, 1.82) is 0 Å². The Balaban J connectivity index is 0.00000400. The molecule has 5 amide bonds. The maximum Gasteiger partial charge on any atom is 0.261 e. The van der Waals surface area contributed by atoms with E-state index < -0.39 is 29.5 Å². The Hall–Kier alpha value is -3.38. The number of nitrogens with two attached hydrogens (primary N) is 1. The average molecular weight is 546 g/mol. The number of hydrogen-bond acceptors (Lipinski definition) is 8. The predicted molar refractivity (Wildman–Crippen MR) is 141 cm³/mol. The standard InChI is InChI=1S/C26H31N5O6.ClH/c27-11-4-12-28-13-5-15-31-25(35)18-9-7-16-21-17(8-10-19(22(18)21)26(31)36)24(34)30(23(16)33)14-3-1-2-6-20(32)29-37;/h7-10,28,37H,1-6,11-15,27H2,(H,29,32);1H. The first-order valence-corrected chi connectivity index (χ1v) is 12.6. The molecule has 2 aromatic rings. The third kappa shape index (κ3) is 5.56. The number of carbonyl (C=O) groups excluding carboxylic acids is 5. The first-order valence-electron chi connectivity index (χ1n) is 12.6. The number of amides is 5. The van der Waals surface area contributed by atoms with Gasteiger partial charge >= 0.3 is 0 Å². The Bertz CT molecular complexity index is 1200. The Kier molecular flexibility index (Phi) is 9.92. The van der Waals surface area contributed by atoms with Crippen LogP contribution in [0, 0.1) is 0 Å². The summed E-state index contributed by atoms with van der Waals surface area (Å²) in [6.07, 6.45) is 3.18. The highest BCUT2D eigenvalue weighted by Crippen LogP contribution is 2.37. The lowest BCUT2D eigenvalue weighted by Crippen LogP contribution is -2.44. The van der Waals surface area contributed by atoms with E-state index in [4.69, 9.17) is 10.9 Å². The van der Waals surface area contributed by atoms with Crippen molar-refractivity contribution in [1.82, 2.24) is 20.6 Å². The van der Waals surface area contributed by atoms with E-state index in [1.807, 2.05) is 0 Å². The number of nitrogens with one attached hydrogen (secondary N) is 2. The average Bonchev–Trinajstić information content (AvgIpc) is 2.90. The summed E-state index contributed by atoms with van der Waals surface area (Å²) in [5, 5.41) is 12.5. The molecule has 2 heterocycles. The fourth-order valence-corrected chi connectivity index (χ4v) is 4.88. The van der Waals surface area contributed by atoms with Crippen molar-refractivity contribution < 1.29 is 29.2 Å². The van der Waals surface area contributed by atoms with Crippen LogP contribution in [0.5, 0.6) is 0 Å². The topological polar surface area (TPSA) is 162 Å². The molecule has 5 N–H and O–H groups in total. The molecule has 0 spiro atoms. The number of nitrogens with zero attached hydrogens (tertiary/aromatic N) is 2. The van der Waals surface area contributed by atoms with E-state index in [0.29, 0.717) is 60.7 Å². The van der Waals surface area contributed by atoms with Crippen LogP contribution in [0.1, 0.15) is 80.0 Å². The molecule has 2 aliphatic rings. The van der Waals surface area contributed by atoms with Gasteiger partial charge in [-0.05, 0) is 69.6 Å². The summed E-state index contributed by atoms with van der Waals surface area (Å²) in [7, 11) is 0. The SMILES string of the molecule is Cl.NCCCNCCCN1C(=O)c2ccc3c4c(ccc(c24)C1=O)C(=O)N(CCCCCC(=O)NO)C3=O. The molecule has 11 nitrogen and oxygen atoms in total. The number of hydroxylamine groups is 1. The molecule has 0 aliphatic carbocycles. The van der Waals surface area contributed by atoms with Gasteiger partial charge in [0.05, 0.1) is 0 Å². The van der Waals surface area contributed by atoms with Crippen LogP contribution in [0.3, 0.4) is 0 Å². The Morgan fingerprint density at radius 1 is 0.711 bits per heavy atom. The van der Waals surface area contributed by atoms with E-state index in [-0.39, 0.29) is 43.0 Å². The van der Waals surface area contributed by atoms with Gasteiger partial charge in [0.1, 0.15) is 0 Å². The summed E-state index contributed by atoms with van der Waals surface area (Å²) in [4.78, 5) is 66.5. The highest BCUT2D eigenvalue weighted by molar-refractivity contribution is 6.33. The van der Waals surface area contributed by atoms with Crippen molar-refractivity contribution in [3.8, 4) is 0 Å². The highest BCUT2D eigenvalue weighted by Gasteiger charge is 2.39. The largest absolute Gasteiger partial charge is 0.330 e. The molecule has 0 atom stereocenters. The van der Waals surface area contributed by atoms with Crippen molar-refractivity contribution in [3.63, 3.8) is 0 Å². The van der Waals surface area contributed by atoms with Gasteiger partial charge in [-0.2, -0.15) is 0 Å². The van der Waals surface area contributed by atoms with Crippen molar-refractivity contribution in [2.75, 3.05) is 32.7 Å². The van der Waals surface area contributed by atoms with Crippen molar-refractivity contribution >= 4 is 52.7 Å². The predicted octanol–water partition coefficient (Wildman–Crippen LogP) is 1.85. The summed E-state index contributed by atoms with van der Waals surface area (Å²) in [5.74, 6) is -2.30. The molecule has 2 aliphatic heterocycles. The molecule has 38 heavy (non-hydrogen) atoms.